The lowest BCUT2D eigenvalue weighted by atomic mass is 10.5. The van der Waals surface area contributed by atoms with Crippen LogP contribution < -0.4 is 0 Å². The molecule has 0 fully saturated rings. The van der Waals surface area contributed by atoms with Crippen LogP contribution >= 0.6 is 0 Å². The molecule has 0 aromatic carbocycles. The normalized spacial score (nSPS) is 18.9. The molecule has 13 heteroatoms. The first-order chi connectivity index (χ1) is 17.9. The van der Waals surface area contributed by atoms with E-state index in [0.29, 0.717) is 0 Å². The minimum absolute atomic E-state index is 0.927. The van der Waals surface area contributed by atoms with Gasteiger partial charge in [-0.05, 0) is 159 Å². The monoisotopic (exact) mass is 626 g/mol. The number of hydrogen-bond donors (Lipinski definition) is 0. The predicted octanol–water partition coefficient (Wildman–Crippen LogP) is 4.42. The molecule has 0 aromatic rings. The third kappa shape index (κ3) is 18.6. The molecule has 0 amide bonds. The van der Waals surface area contributed by atoms with E-state index >= 15 is 0 Å². The Labute approximate surface area is 247 Å². The largest absolute Gasteiger partial charge is 0.416 e. The summed E-state index contributed by atoms with van der Waals surface area (Å²) in [6, 6.07) is 3.76. The Morgan fingerprint density at radius 1 is 0.385 bits per heavy atom. The second-order valence-electron chi connectivity index (χ2n) is 12.9. The SMILES string of the molecule is CO[Si](C)(CCCN(C)C)O[Si](C)(CCCN(C)C)O[Si](C)(CCCN(C)C)O[Si](C)(CCCN(C)C)OC. The molecule has 0 aliphatic rings. The van der Waals surface area contributed by atoms with E-state index in [1.807, 2.05) is 14.2 Å². The highest BCUT2D eigenvalue weighted by Gasteiger charge is 2.50. The van der Waals surface area contributed by atoms with Crippen LogP contribution in [-0.4, -0.2) is 151 Å². The first-order valence-electron chi connectivity index (χ1n) is 14.7. The first-order valence-corrected chi connectivity index (χ1v) is 24.8. The Hall–Kier alpha value is 0.508. The summed E-state index contributed by atoms with van der Waals surface area (Å²) in [7, 11) is 10.5. The second kappa shape index (κ2) is 18.9. The van der Waals surface area contributed by atoms with Crippen LogP contribution in [0.4, 0.5) is 0 Å². The van der Waals surface area contributed by atoms with Crippen LogP contribution in [0.15, 0.2) is 0 Å². The molecule has 0 aromatic heterocycles. The Morgan fingerprint density at radius 3 is 0.795 bits per heavy atom. The molecule has 0 aliphatic heterocycles. The maximum atomic E-state index is 7.32. The summed E-state index contributed by atoms with van der Waals surface area (Å²) in [5.41, 5.74) is 0. The van der Waals surface area contributed by atoms with Gasteiger partial charge in [0.05, 0.1) is 0 Å². The Balaban J connectivity index is 6.09. The van der Waals surface area contributed by atoms with Crippen molar-refractivity contribution in [1.82, 2.24) is 19.6 Å². The highest BCUT2D eigenvalue weighted by molar-refractivity contribution is 6.88. The minimum Gasteiger partial charge on any atom is -0.416 e. The molecule has 236 valence electrons. The Bertz CT molecular complexity index is 603. The summed E-state index contributed by atoms with van der Waals surface area (Å²) < 4.78 is 33.9. The van der Waals surface area contributed by atoms with Gasteiger partial charge in [0, 0.05) is 14.2 Å². The maximum Gasteiger partial charge on any atom is 0.325 e. The van der Waals surface area contributed by atoms with Crippen molar-refractivity contribution in [3.63, 3.8) is 0 Å². The van der Waals surface area contributed by atoms with E-state index in [4.69, 9.17) is 21.2 Å². The van der Waals surface area contributed by atoms with E-state index in [0.717, 1.165) is 76.0 Å². The molecule has 4 atom stereocenters. The highest BCUT2D eigenvalue weighted by Crippen LogP contribution is 2.33. The molecular formula is C26H66N4O5Si4. The standard InChI is InChI=1S/C26H66N4O5Si4/c1-27(2)19-15-23-36(11,31-9)33-38(13,25-17-21-29(5)6)35-39(14,26-18-22-30(7)8)34-37(12,32-10)24-16-20-28(3)4/h15-26H2,1-14H3. The van der Waals surface area contributed by atoms with Gasteiger partial charge in [-0.2, -0.15) is 0 Å². The summed E-state index contributed by atoms with van der Waals surface area (Å²) in [6.07, 6.45) is 4.18. The third-order valence-electron chi connectivity index (χ3n) is 7.10. The average molecular weight is 627 g/mol. The lowest BCUT2D eigenvalue weighted by molar-refractivity contribution is 0.228. The molecule has 39 heavy (non-hydrogen) atoms. The summed E-state index contributed by atoms with van der Waals surface area (Å²) in [4.78, 5) is 8.93. The first kappa shape index (κ1) is 39.5. The van der Waals surface area contributed by atoms with Crippen molar-refractivity contribution in [1.29, 1.82) is 0 Å². The molecule has 0 saturated heterocycles. The van der Waals surface area contributed by atoms with Gasteiger partial charge >= 0.3 is 34.2 Å². The van der Waals surface area contributed by atoms with E-state index in [1.165, 1.54) is 0 Å². The van der Waals surface area contributed by atoms with E-state index in [2.05, 4.69) is 102 Å². The van der Waals surface area contributed by atoms with Crippen LogP contribution in [0, 0.1) is 0 Å². The van der Waals surface area contributed by atoms with Crippen LogP contribution in [0.3, 0.4) is 0 Å². The van der Waals surface area contributed by atoms with Gasteiger partial charge in [-0.15, -0.1) is 0 Å². The maximum absolute atomic E-state index is 7.32. The van der Waals surface area contributed by atoms with E-state index in [-0.39, 0.29) is 0 Å². The topological polar surface area (TPSA) is 59.1 Å². The van der Waals surface area contributed by atoms with Crippen LogP contribution in [0.1, 0.15) is 25.7 Å². The molecule has 0 saturated carbocycles. The van der Waals surface area contributed by atoms with Crippen molar-refractivity contribution in [2.75, 3.05) is 96.8 Å². The molecule has 9 nitrogen and oxygen atoms in total. The summed E-state index contributed by atoms with van der Waals surface area (Å²) in [5, 5.41) is 0. The third-order valence-corrected chi connectivity index (χ3v) is 24.2. The molecule has 0 rings (SSSR count). The van der Waals surface area contributed by atoms with Crippen molar-refractivity contribution < 1.29 is 21.2 Å². The van der Waals surface area contributed by atoms with Gasteiger partial charge in [-0.1, -0.05) is 0 Å². The summed E-state index contributed by atoms with van der Waals surface area (Å²) >= 11 is 0. The van der Waals surface area contributed by atoms with Crippen molar-refractivity contribution in [3.05, 3.63) is 0 Å². The fourth-order valence-electron chi connectivity index (χ4n) is 4.87. The molecular weight excluding hydrogens is 561 g/mol. The van der Waals surface area contributed by atoms with Gasteiger partial charge < -0.3 is 40.8 Å². The van der Waals surface area contributed by atoms with E-state index in [1.54, 1.807) is 0 Å². The molecule has 0 heterocycles. The van der Waals surface area contributed by atoms with Gasteiger partial charge in [0.25, 0.3) is 0 Å². The zero-order chi connectivity index (χ0) is 30.3. The van der Waals surface area contributed by atoms with E-state index < -0.39 is 34.2 Å². The lowest BCUT2D eigenvalue weighted by Crippen LogP contribution is -2.61. The second-order valence-corrected chi connectivity index (χ2v) is 27.2. The van der Waals surface area contributed by atoms with Crippen molar-refractivity contribution >= 4 is 34.2 Å². The Kier molecular flexibility index (Phi) is 19.2. The van der Waals surface area contributed by atoms with Crippen LogP contribution in [-0.2, 0) is 21.2 Å². The van der Waals surface area contributed by atoms with Gasteiger partial charge in [-0.3, -0.25) is 0 Å². The fourth-order valence-corrected chi connectivity index (χ4v) is 23.6. The van der Waals surface area contributed by atoms with Crippen molar-refractivity contribution in [2.24, 2.45) is 0 Å². The molecule has 0 radical (unpaired) electrons. The number of hydrogen-bond acceptors (Lipinski definition) is 9. The molecule has 0 spiro atoms. The van der Waals surface area contributed by atoms with Crippen LogP contribution in [0.2, 0.25) is 50.4 Å². The van der Waals surface area contributed by atoms with E-state index in [9.17, 15) is 0 Å². The molecule has 4 unspecified atom stereocenters. The lowest BCUT2D eigenvalue weighted by Gasteiger charge is -2.44. The molecule has 0 N–H and O–H groups in total. The summed E-state index contributed by atoms with van der Waals surface area (Å²) in [5.74, 6) is 0. The number of nitrogens with zero attached hydrogens (tertiary/aromatic N) is 4. The van der Waals surface area contributed by atoms with Crippen molar-refractivity contribution in [3.8, 4) is 0 Å². The summed E-state index contributed by atoms with van der Waals surface area (Å²) in [6.45, 7) is 13.0. The molecule has 0 bridgehead atoms. The highest BCUT2D eigenvalue weighted by atomic mass is 28.5. The van der Waals surface area contributed by atoms with Gasteiger partial charge in [-0.25, -0.2) is 0 Å². The fraction of sp³-hybridized carbons (Fsp3) is 1.00. The smallest absolute Gasteiger partial charge is 0.325 e. The van der Waals surface area contributed by atoms with Gasteiger partial charge in [0.1, 0.15) is 0 Å². The quantitative estimate of drug-likeness (QED) is 0.145. The van der Waals surface area contributed by atoms with Crippen molar-refractivity contribution in [2.45, 2.75) is 76.0 Å². The molecule has 0 aliphatic carbocycles. The minimum atomic E-state index is -2.65. The number of rotatable bonds is 24. The van der Waals surface area contributed by atoms with Crippen LogP contribution in [0.5, 0.6) is 0 Å². The van der Waals surface area contributed by atoms with Gasteiger partial charge in [0.2, 0.25) is 0 Å². The van der Waals surface area contributed by atoms with Crippen LogP contribution in [0.25, 0.3) is 0 Å². The zero-order valence-electron chi connectivity index (χ0n) is 28.3. The average Bonchev–Trinajstić information content (AvgIpc) is 2.77. The zero-order valence-corrected chi connectivity index (χ0v) is 32.3. The van der Waals surface area contributed by atoms with Gasteiger partial charge in [0.15, 0.2) is 0 Å². The Morgan fingerprint density at radius 2 is 0.590 bits per heavy atom. The predicted molar refractivity (Wildman–Crippen MR) is 176 cm³/mol.